The van der Waals surface area contributed by atoms with Crippen LogP contribution in [0.3, 0.4) is 0 Å². The minimum Gasteiger partial charge on any atom is -0.0843 e. The Morgan fingerprint density at radius 3 is 1.31 bits per heavy atom. The highest BCUT2D eigenvalue weighted by Gasteiger charge is 1.88. The van der Waals surface area contributed by atoms with Crippen LogP contribution in [-0.4, -0.2) is 0 Å². The molecule has 0 aliphatic carbocycles. The van der Waals surface area contributed by atoms with Gasteiger partial charge in [-0.1, -0.05) is 76.2 Å². The quantitative estimate of drug-likeness (QED) is 0.595. The van der Waals surface area contributed by atoms with E-state index in [-0.39, 0.29) is 8.98 Å². The summed E-state index contributed by atoms with van der Waals surface area (Å²) in [7, 11) is 0. The highest BCUT2D eigenvalue weighted by Crippen LogP contribution is 2.20. The highest BCUT2D eigenvalue weighted by molar-refractivity contribution is 6.67. The van der Waals surface area contributed by atoms with Crippen LogP contribution in [0.5, 0.6) is 0 Å². The molecular weight excluding hydrogens is 273 g/mol. The van der Waals surface area contributed by atoms with Gasteiger partial charge in [-0.15, -0.1) is 0 Å². The molecule has 1 aromatic rings. The van der Waals surface area contributed by atoms with Gasteiger partial charge in [-0.25, -0.2) is 0 Å². The standard InChI is InChI=1S/C6H5Cl.C2Cl4/c7-6-4-2-1-3-5-6;3-1(4)2(5)6/h1-5H;. The van der Waals surface area contributed by atoms with E-state index in [2.05, 4.69) is 0 Å². The number of hydrogen-bond acceptors (Lipinski definition) is 0. The lowest BCUT2D eigenvalue weighted by Crippen LogP contribution is -1.55. The summed E-state index contributed by atoms with van der Waals surface area (Å²) in [5.41, 5.74) is 0. The predicted octanol–water partition coefficient (Wildman–Crippen LogP) is 5.41. The Bertz CT molecular complexity index is 249. The average Bonchev–Trinajstić information content (AvgIpc) is 2.06. The first-order chi connectivity index (χ1) is 6.04. The van der Waals surface area contributed by atoms with Crippen molar-refractivity contribution in [2.45, 2.75) is 0 Å². The molecule has 0 atom stereocenters. The van der Waals surface area contributed by atoms with E-state index in [1.165, 1.54) is 0 Å². The van der Waals surface area contributed by atoms with Crippen molar-refractivity contribution in [2.75, 3.05) is 0 Å². The van der Waals surface area contributed by atoms with E-state index in [1.807, 2.05) is 30.3 Å². The van der Waals surface area contributed by atoms with Crippen LogP contribution in [-0.2, 0) is 0 Å². The Labute approximate surface area is 102 Å². The molecule has 0 fully saturated rings. The molecule has 1 aromatic carbocycles. The van der Waals surface area contributed by atoms with Crippen molar-refractivity contribution in [3.8, 4) is 0 Å². The van der Waals surface area contributed by atoms with Crippen LogP contribution in [0.15, 0.2) is 39.3 Å². The summed E-state index contributed by atoms with van der Waals surface area (Å²) in [6.45, 7) is 0. The van der Waals surface area contributed by atoms with Gasteiger partial charge in [0, 0.05) is 5.02 Å². The summed E-state index contributed by atoms with van der Waals surface area (Å²) in [5, 5.41) is 0.794. The SMILES string of the molecule is ClC(Cl)=C(Cl)Cl.Clc1ccccc1. The van der Waals surface area contributed by atoms with E-state index in [1.54, 1.807) is 0 Å². The number of hydrogen-bond donors (Lipinski definition) is 0. The normalized spacial score (nSPS) is 8.38. The van der Waals surface area contributed by atoms with Crippen LogP contribution >= 0.6 is 58.0 Å². The lowest BCUT2D eigenvalue weighted by Gasteiger charge is -1.80. The summed E-state index contributed by atoms with van der Waals surface area (Å²) < 4.78 is -0.198. The molecule has 0 aliphatic rings. The number of benzene rings is 1. The molecule has 0 aromatic heterocycles. The molecular formula is C8H5Cl5. The van der Waals surface area contributed by atoms with Gasteiger partial charge in [-0.05, 0) is 12.1 Å². The second-order valence-electron chi connectivity index (χ2n) is 1.82. The lowest BCUT2D eigenvalue weighted by molar-refractivity contribution is 1.71. The second kappa shape index (κ2) is 7.78. The Hall–Kier alpha value is 0.410. The fourth-order valence-electron chi connectivity index (χ4n) is 0.415. The molecule has 0 amide bonds. The van der Waals surface area contributed by atoms with Gasteiger partial charge in [0.05, 0.1) is 0 Å². The van der Waals surface area contributed by atoms with E-state index in [0.29, 0.717) is 0 Å². The smallest absolute Gasteiger partial charge is 0.0843 e. The van der Waals surface area contributed by atoms with E-state index < -0.39 is 0 Å². The topological polar surface area (TPSA) is 0 Å². The van der Waals surface area contributed by atoms with Crippen LogP contribution in [0.4, 0.5) is 0 Å². The van der Waals surface area contributed by atoms with Gasteiger partial charge in [0.1, 0.15) is 8.98 Å². The van der Waals surface area contributed by atoms with E-state index in [9.17, 15) is 0 Å². The molecule has 0 spiro atoms. The van der Waals surface area contributed by atoms with Gasteiger partial charge >= 0.3 is 0 Å². The van der Waals surface area contributed by atoms with E-state index >= 15 is 0 Å². The van der Waals surface area contributed by atoms with Crippen molar-refractivity contribution in [1.29, 1.82) is 0 Å². The summed E-state index contributed by atoms with van der Waals surface area (Å²) in [4.78, 5) is 0. The molecule has 72 valence electrons. The molecule has 0 radical (unpaired) electrons. The van der Waals surface area contributed by atoms with Crippen LogP contribution in [0.2, 0.25) is 5.02 Å². The summed E-state index contributed by atoms with van der Waals surface area (Å²) in [5.74, 6) is 0. The molecule has 0 N–H and O–H groups in total. The highest BCUT2D eigenvalue weighted by atomic mass is 35.5. The second-order valence-corrected chi connectivity index (χ2v) is 4.15. The Morgan fingerprint density at radius 1 is 0.769 bits per heavy atom. The molecule has 0 nitrogen and oxygen atoms in total. The van der Waals surface area contributed by atoms with Gasteiger partial charge in [0.25, 0.3) is 0 Å². The minimum atomic E-state index is -0.0988. The zero-order valence-corrected chi connectivity index (χ0v) is 10.1. The zero-order valence-electron chi connectivity index (χ0n) is 6.28. The van der Waals surface area contributed by atoms with Gasteiger partial charge in [-0.2, -0.15) is 0 Å². The maximum absolute atomic E-state index is 5.54. The molecule has 5 heteroatoms. The van der Waals surface area contributed by atoms with Gasteiger partial charge in [0.15, 0.2) is 0 Å². The average molecular weight is 278 g/mol. The van der Waals surface area contributed by atoms with Crippen molar-refractivity contribution in [3.63, 3.8) is 0 Å². The van der Waals surface area contributed by atoms with Crippen molar-refractivity contribution in [3.05, 3.63) is 44.3 Å². The maximum Gasteiger partial charge on any atom is 0.136 e. The summed E-state index contributed by atoms with van der Waals surface area (Å²) in [6.07, 6.45) is 0. The molecule has 13 heavy (non-hydrogen) atoms. The number of halogens is 5. The third-order valence-corrected chi connectivity index (χ3v) is 2.27. The Kier molecular flexibility index (Phi) is 8.03. The van der Waals surface area contributed by atoms with Crippen LogP contribution < -0.4 is 0 Å². The molecule has 0 unspecified atom stereocenters. The predicted molar refractivity (Wildman–Crippen MR) is 61.9 cm³/mol. The summed E-state index contributed by atoms with van der Waals surface area (Å²) >= 11 is 25.5. The Morgan fingerprint density at radius 2 is 1.15 bits per heavy atom. The van der Waals surface area contributed by atoms with Gasteiger partial charge in [0.2, 0.25) is 0 Å². The molecule has 0 aliphatic heterocycles. The number of rotatable bonds is 0. The van der Waals surface area contributed by atoms with Crippen molar-refractivity contribution >= 4 is 58.0 Å². The van der Waals surface area contributed by atoms with Crippen molar-refractivity contribution in [2.24, 2.45) is 0 Å². The monoisotopic (exact) mass is 276 g/mol. The minimum absolute atomic E-state index is 0.0988. The van der Waals surface area contributed by atoms with Crippen molar-refractivity contribution in [1.82, 2.24) is 0 Å². The largest absolute Gasteiger partial charge is 0.136 e. The van der Waals surface area contributed by atoms with Gasteiger partial charge < -0.3 is 0 Å². The maximum atomic E-state index is 5.54. The third kappa shape index (κ3) is 8.73. The first kappa shape index (κ1) is 13.4. The molecule has 0 saturated heterocycles. The van der Waals surface area contributed by atoms with Gasteiger partial charge in [-0.3, -0.25) is 0 Å². The third-order valence-electron chi connectivity index (χ3n) is 0.876. The summed E-state index contributed by atoms with van der Waals surface area (Å²) in [6, 6.07) is 9.44. The molecule has 1 rings (SSSR count). The van der Waals surface area contributed by atoms with Crippen LogP contribution in [0, 0.1) is 0 Å². The van der Waals surface area contributed by atoms with Crippen molar-refractivity contribution < 1.29 is 0 Å². The van der Waals surface area contributed by atoms with E-state index in [0.717, 1.165) is 5.02 Å². The fourth-order valence-corrected chi connectivity index (χ4v) is 0.560. The first-order valence-electron chi connectivity index (χ1n) is 3.11. The fraction of sp³-hybridized carbons (Fsp3) is 0. The molecule has 0 heterocycles. The zero-order chi connectivity index (χ0) is 10.3. The molecule has 0 saturated carbocycles. The van der Waals surface area contributed by atoms with E-state index in [4.69, 9.17) is 58.0 Å². The van der Waals surface area contributed by atoms with Crippen LogP contribution in [0.25, 0.3) is 0 Å². The Balaban J connectivity index is 0.000000226. The first-order valence-corrected chi connectivity index (χ1v) is 5.00. The molecule has 0 bridgehead atoms. The lowest BCUT2D eigenvalue weighted by atomic mass is 10.4. The van der Waals surface area contributed by atoms with Crippen LogP contribution in [0.1, 0.15) is 0 Å².